The van der Waals surface area contributed by atoms with E-state index >= 15 is 0 Å². The number of ether oxygens (including phenoxy) is 1. The maximum atomic E-state index is 11.5. The van der Waals surface area contributed by atoms with Crippen LogP contribution in [0.3, 0.4) is 0 Å². The monoisotopic (exact) mass is 294 g/mol. The molecule has 90 valence electrons. The van der Waals surface area contributed by atoms with Crippen molar-refractivity contribution in [3.05, 3.63) is 28.8 Å². The summed E-state index contributed by atoms with van der Waals surface area (Å²) < 4.78 is 5.33. The predicted octanol–water partition coefficient (Wildman–Crippen LogP) is 3.52. The Labute approximate surface area is 110 Å². The van der Waals surface area contributed by atoms with Gasteiger partial charge in [0.1, 0.15) is 5.75 Å². The molecular formula is C14H15BrO2. The molecule has 0 amide bonds. The van der Waals surface area contributed by atoms with Crippen molar-refractivity contribution < 1.29 is 9.53 Å². The first-order chi connectivity index (χ1) is 8.08. The van der Waals surface area contributed by atoms with Gasteiger partial charge in [0.15, 0.2) is 0 Å². The van der Waals surface area contributed by atoms with Crippen LogP contribution in [0.15, 0.2) is 12.1 Å². The molecule has 0 saturated carbocycles. The molecule has 0 unspecified atom stereocenters. The highest BCUT2D eigenvalue weighted by atomic mass is 79.9. The number of alkyl halides is 1. The highest BCUT2D eigenvalue weighted by Gasteiger charge is 2.10. The highest BCUT2D eigenvalue weighted by molar-refractivity contribution is 9.08. The summed E-state index contributed by atoms with van der Waals surface area (Å²) in [6.07, 6.45) is 5.78. The van der Waals surface area contributed by atoms with Gasteiger partial charge in [0.25, 0.3) is 0 Å². The zero-order valence-electron chi connectivity index (χ0n) is 10.0. The van der Waals surface area contributed by atoms with Crippen molar-refractivity contribution >= 4 is 21.9 Å². The molecule has 0 aromatic heterocycles. The number of aryl methyl sites for hydroxylation is 2. The van der Waals surface area contributed by atoms with Gasteiger partial charge in [0.05, 0.1) is 6.42 Å². The molecule has 1 rings (SSSR count). The molecule has 0 N–H and O–H groups in total. The molecule has 0 aliphatic carbocycles. The maximum absolute atomic E-state index is 11.5. The quantitative estimate of drug-likeness (QED) is 0.368. The third-order valence-electron chi connectivity index (χ3n) is 2.36. The van der Waals surface area contributed by atoms with Crippen LogP contribution in [0.5, 0.6) is 5.75 Å². The van der Waals surface area contributed by atoms with Crippen molar-refractivity contribution in [1.29, 1.82) is 0 Å². The first-order valence-electron chi connectivity index (χ1n) is 5.38. The third kappa shape index (κ3) is 3.90. The predicted molar refractivity (Wildman–Crippen MR) is 72.2 cm³/mol. The van der Waals surface area contributed by atoms with Crippen molar-refractivity contribution in [2.45, 2.75) is 32.0 Å². The van der Waals surface area contributed by atoms with Gasteiger partial charge in [-0.05, 0) is 30.5 Å². The molecule has 0 aliphatic rings. The molecule has 0 saturated heterocycles. The molecule has 0 aliphatic heterocycles. The first-order valence-corrected chi connectivity index (χ1v) is 6.51. The van der Waals surface area contributed by atoms with Crippen LogP contribution in [0.25, 0.3) is 0 Å². The second-order valence-corrected chi connectivity index (χ2v) is 4.43. The largest absolute Gasteiger partial charge is 0.426 e. The van der Waals surface area contributed by atoms with E-state index in [0.717, 1.165) is 16.5 Å². The van der Waals surface area contributed by atoms with Crippen LogP contribution in [-0.2, 0) is 10.1 Å². The normalized spacial score (nSPS) is 9.76. The first kappa shape index (κ1) is 13.8. The fourth-order valence-electron chi connectivity index (χ4n) is 1.62. The summed E-state index contributed by atoms with van der Waals surface area (Å²) in [5, 5.41) is 0.792. The number of esters is 1. The van der Waals surface area contributed by atoms with Gasteiger partial charge >= 0.3 is 5.97 Å². The summed E-state index contributed by atoms with van der Waals surface area (Å²) in [5.41, 5.74) is 3.10. The van der Waals surface area contributed by atoms with Gasteiger partial charge in [0, 0.05) is 11.8 Å². The fourth-order valence-corrected chi connectivity index (χ4v) is 1.94. The number of rotatable bonds is 4. The van der Waals surface area contributed by atoms with E-state index in [2.05, 4.69) is 21.9 Å². The Bertz CT molecular complexity index is 435. The number of hydrogen-bond acceptors (Lipinski definition) is 2. The van der Waals surface area contributed by atoms with Crippen LogP contribution in [0, 0.1) is 26.2 Å². The van der Waals surface area contributed by atoms with Gasteiger partial charge in [0.2, 0.25) is 0 Å². The van der Waals surface area contributed by atoms with Gasteiger partial charge in [-0.25, -0.2) is 0 Å². The number of halogens is 1. The van der Waals surface area contributed by atoms with Crippen LogP contribution in [0.4, 0.5) is 0 Å². The van der Waals surface area contributed by atoms with E-state index in [4.69, 9.17) is 11.2 Å². The Morgan fingerprint density at radius 2 is 2.00 bits per heavy atom. The van der Waals surface area contributed by atoms with Crippen LogP contribution < -0.4 is 4.74 Å². The van der Waals surface area contributed by atoms with Crippen LogP contribution in [0.2, 0.25) is 0 Å². The standard InChI is InChI=1S/C14H15BrO2/c1-4-5-6-13(16)17-14-10(2)7-12(9-15)8-11(14)3/h1,7-8H,5-6,9H2,2-3H3. The molecule has 1 aromatic carbocycles. The van der Waals surface area contributed by atoms with Gasteiger partial charge in [-0.15, -0.1) is 12.3 Å². The minimum absolute atomic E-state index is 0.259. The second-order valence-electron chi connectivity index (χ2n) is 3.87. The molecule has 0 atom stereocenters. The molecule has 2 nitrogen and oxygen atoms in total. The topological polar surface area (TPSA) is 26.3 Å². The van der Waals surface area contributed by atoms with Gasteiger partial charge in [-0.2, -0.15) is 0 Å². The molecule has 17 heavy (non-hydrogen) atoms. The molecule has 0 bridgehead atoms. The van der Waals surface area contributed by atoms with Crippen molar-refractivity contribution in [2.24, 2.45) is 0 Å². The lowest BCUT2D eigenvalue weighted by molar-refractivity contribution is -0.134. The molecule has 0 heterocycles. The third-order valence-corrected chi connectivity index (χ3v) is 3.01. The van der Waals surface area contributed by atoms with E-state index in [1.165, 1.54) is 5.56 Å². The molecule has 0 fully saturated rings. The van der Waals surface area contributed by atoms with Crippen molar-refractivity contribution in [2.75, 3.05) is 0 Å². The minimum Gasteiger partial charge on any atom is -0.426 e. The van der Waals surface area contributed by atoms with Crippen LogP contribution >= 0.6 is 15.9 Å². The Balaban J connectivity index is 2.85. The highest BCUT2D eigenvalue weighted by Crippen LogP contribution is 2.26. The summed E-state index contributed by atoms with van der Waals surface area (Å²) in [6.45, 7) is 3.87. The van der Waals surface area contributed by atoms with E-state index < -0.39 is 0 Å². The lowest BCUT2D eigenvalue weighted by Crippen LogP contribution is -2.09. The van der Waals surface area contributed by atoms with Gasteiger partial charge < -0.3 is 4.74 Å². The van der Waals surface area contributed by atoms with Crippen LogP contribution in [0.1, 0.15) is 29.5 Å². The maximum Gasteiger partial charge on any atom is 0.312 e. The number of terminal acetylenes is 1. The second kappa shape index (κ2) is 6.46. The smallest absolute Gasteiger partial charge is 0.312 e. The molecule has 3 heteroatoms. The van der Waals surface area contributed by atoms with E-state index in [0.29, 0.717) is 12.2 Å². The zero-order chi connectivity index (χ0) is 12.8. The van der Waals surface area contributed by atoms with E-state index in [-0.39, 0.29) is 12.4 Å². The molecule has 0 spiro atoms. The number of carbonyl (C=O) groups is 1. The van der Waals surface area contributed by atoms with Gasteiger partial charge in [-0.3, -0.25) is 4.79 Å². The average molecular weight is 295 g/mol. The number of benzene rings is 1. The Hall–Kier alpha value is -1.27. The van der Waals surface area contributed by atoms with E-state index in [1.807, 2.05) is 26.0 Å². The summed E-state index contributed by atoms with van der Waals surface area (Å²) in [7, 11) is 0. The Kier molecular flexibility index (Phi) is 5.24. The lowest BCUT2D eigenvalue weighted by Gasteiger charge is -2.11. The van der Waals surface area contributed by atoms with Crippen molar-refractivity contribution in [3.63, 3.8) is 0 Å². The SMILES string of the molecule is C#CCCC(=O)Oc1c(C)cc(CBr)cc1C. The molecule has 0 radical (unpaired) electrons. The summed E-state index contributed by atoms with van der Waals surface area (Å²) in [4.78, 5) is 11.5. The lowest BCUT2D eigenvalue weighted by atomic mass is 10.1. The molecular weight excluding hydrogens is 280 g/mol. The van der Waals surface area contributed by atoms with Gasteiger partial charge in [-0.1, -0.05) is 28.1 Å². The number of hydrogen-bond donors (Lipinski definition) is 0. The summed E-state index contributed by atoms with van der Waals surface area (Å²) in [6, 6.07) is 4.01. The fraction of sp³-hybridized carbons (Fsp3) is 0.357. The summed E-state index contributed by atoms with van der Waals surface area (Å²) in [5.74, 6) is 2.80. The van der Waals surface area contributed by atoms with Crippen molar-refractivity contribution in [3.8, 4) is 18.1 Å². The molecule has 1 aromatic rings. The van der Waals surface area contributed by atoms with E-state index in [1.54, 1.807) is 0 Å². The Morgan fingerprint density at radius 1 is 1.41 bits per heavy atom. The summed E-state index contributed by atoms with van der Waals surface area (Å²) >= 11 is 3.41. The zero-order valence-corrected chi connectivity index (χ0v) is 11.6. The number of carbonyl (C=O) groups excluding carboxylic acids is 1. The van der Waals surface area contributed by atoms with Crippen LogP contribution in [-0.4, -0.2) is 5.97 Å². The Morgan fingerprint density at radius 3 is 2.47 bits per heavy atom. The average Bonchev–Trinajstić information content (AvgIpc) is 2.30. The van der Waals surface area contributed by atoms with E-state index in [9.17, 15) is 4.79 Å². The van der Waals surface area contributed by atoms with Crippen molar-refractivity contribution in [1.82, 2.24) is 0 Å². The minimum atomic E-state index is -0.277.